The van der Waals surface area contributed by atoms with Crippen molar-refractivity contribution in [2.75, 3.05) is 6.61 Å². The first-order chi connectivity index (χ1) is 11.6. The van der Waals surface area contributed by atoms with E-state index in [1.165, 1.54) is 0 Å². The molecule has 1 saturated carbocycles. The summed E-state index contributed by atoms with van der Waals surface area (Å²) in [7, 11) is 0. The van der Waals surface area contributed by atoms with E-state index < -0.39 is 11.7 Å². The normalized spacial score (nSPS) is 33.2. The van der Waals surface area contributed by atoms with Crippen molar-refractivity contribution >= 4 is 12.0 Å². The second kappa shape index (κ2) is 7.49. The van der Waals surface area contributed by atoms with Gasteiger partial charge in [0.1, 0.15) is 0 Å². The Hall–Kier alpha value is -1.65. The van der Waals surface area contributed by atoms with Gasteiger partial charge in [-0.15, -0.1) is 0 Å². The molecule has 1 saturated heterocycles. The Morgan fingerprint density at radius 1 is 1.38 bits per heavy atom. The van der Waals surface area contributed by atoms with Crippen LogP contribution in [0, 0.1) is 5.92 Å². The molecule has 4 nitrogen and oxygen atoms in total. The summed E-state index contributed by atoms with van der Waals surface area (Å²) in [6.45, 7) is 2.11. The number of carbonyl (C=O) groups is 1. The minimum Gasteiger partial charge on any atom is -0.464 e. The summed E-state index contributed by atoms with van der Waals surface area (Å²) in [5, 5.41) is 11.1. The number of carbonyl (C=O) groups excluding carboxylic acids is 1. The van der Waals surface area contributed by atoms with Gasteiger partial charge in [0.05, 0.1) is 18.3 Å². The molecule has 1 aliphatic heterocycles. The first-order valence-electron chi connectivity index (χ1n) is 8.90. The highest BCUT2D eigenvalue weighted by atomic mass is 16.6. The molecule has 0 spiro atoms. The molecule has 3 rings (SSSR count). The van der Waals surface area contributed by atoms with Gasteiger partial charge in [0, 0.05) is 12.3 Å². The predicted molar refractivity (Wildman–Crippen MR) is 92.3 cm³/mol. The number of benzene rings is 1. The maximum atomic E-state index is 12.2. The van der Waals surface area contributed by atoms with E-state index in [2.05, 4.69) is 0 Å². The highest BCUT2D eigenvalue weighted by Crippen LogP contribution is 2.44. The molecule has 1 heterocycles. The highest BCUT2D eigenvalue weighted by molar-refractivity contribution is 5.75. The minimum absolute atomic E-state index is 0.0388. The van der Waals surface area contributed by atoms with Crippen LogP contribution >= 0.6 is 0 Å². The van der Waals surface area contributed by atoms with Crippen molar-refractivity contribution in [2.45, 2.75) is 56.8 Å². The number of ether oxygens (including phenoxy) is 2. The molecule has 130 valence electrons. The van der Waals surface area contributed by atoms with Crippen LogP contribution in [0.15, 0.2) is 36.4 Å². The maximum absolute atomic E-state index is 12.2. The summed E-state index contributed by atoms with van der Waals surface area (Å²) < 4.78 is 11.2. The second-order valence-corrected chi connectivity index (χ2v) is 6.77. The minimum atomic E-state index is -0.834. The lowest BCUT2D eigenvalue weighted by Crippen LogP contribution is -2.56. The molecule has 0 amide bonds. The Morgan fingerprint density at radius 2 is 2.17 bits per heavy atom. The van der Waals surface area contributed by atoms with Crippen LogP contribution in [0.25, 0.3) is 6.08 Å². The smallest absolute Gasteiger partial charge is 0.335 e. The predicted octanol–water partition coefficient (Wildman–Crippen LogP) is 3.34. The molecule has 4 heteroatoms. The first-order valence-corrected chi connectivity index (χ1v) is 8.90. The first kappa shape index (κ1) is 17.2. The SMILES string of the molecule is CCOC(=O)[C@@H]1C[C@]2(O)CCCC[C@H]2[C@@H](/C=C/c2ccccc2)O1. The molecular weight excluding hydrogens is 304 g/mol. The van der Waals surface area contributed by atoms with E-state index in [1.54, 1.807) is 6.92 Å². The Bertz CT molecular complexity index is 583. The summed E-state index contributed by atoms with van der Waals surface area (Å²) in [5.41, 5.74) is 0.248. The molecule has 2 aliphatic rings. The average molecular weight is 330 g/mol. The number of rotatable bonds is 4. The summed E-state index contributed by atoms with van der Waals surface area (Å²) in [4.78, 5) is 12.2. The van der Waals surface area contributed by atoms with Crippen LogP contribution in [0.1, 0.15) is 44.6 Å². The van der Waals surface area contributed by atoms with Crippen molar-refractivity contribution in [2.24, 2.45) is 5.92 Å². The van der Waals surface area contributed by atoms with E-state index in [-0.39, 0.29) is 18.0 Å². The second-order valence-electron chi connectivity index (χ2n) is 6.77. The van der Waals surface area contributed by atoms with Crippen LogP contribution in [0.5, 0.6) is 0 Å². The largest absolute Gasteiger partial charge is 0.464 e. The fourth-order valence-electron chi connectivity index (χ4n) is 3.95. The number of hydrogen-bond donors (Lipinski definition) is 1. The fourth-order valence-corrected chi connectivity index (χ4v) is 3.95. The molecule has 1 aromatic rings. The van der Waals surface area contributed by atoms with Gasteiger partial charge in [-0.05, 0) is 25.3 Å². The van der Waals surface area contributed by atoms with Gasteiger partial charge < -0.3 is 14.6 Å². The van der Waals surface area contributed by atoms with Gasteiger partial charge in [0.25, 0.3) is 0 Å². The molecule has 1 aliphatic carbocycles. The van der Waals surface area contributed by atoms with Crippen LogP contribution in [-0.2, 0) is 14.3 Å². The van der Waals surface area contributed by atoms with Gasteiger partial charge >= 0.3 is 5.97 Å². The third-order valence-electron chi connectivity index (χ3n) is 5.15. The van der Waals surface area contributed by atoms with E-state index in [0.29, 0.717) is 13.0 Å². The Kier molecular flexibility index (Phi) is 5.36. The van der Waals surface area contributed by atoms with Crippen molar-refractivity contribution in [3.63, 3.8) is 0 Å². The zero-order valence-corrected chi connectivity index (χ0v) is 14.2. The van der Waals surface area contributed by atoms with Crippen molar-refractivity contribution < 1.29 is 19.4 Å². The van der Waals surface area contributed by atoms with Gasteiger partial charge in [-0.25, -0.2) is 4.79 Å². The average Bonchev–Trinajstić information content (AvgIpc) is 2.60. The van der Waals surface area contributed by atoms with Gasteiger partial charge in [0.15, 0.2) is 6.10 Å². The molecule has 0 bridgehead atoms. The molecule has 24 heavy (non-hydrogen) atoms. The number of esters is 1. The monoisotopic (exact) mass is 330 g/mol. The van der Waals surface area contributed by atoms with Crippen molar-refractivity contribution in [1.29, 1.82) is 0 Å². The molecule has 1 aromatic carbocycles. The highest BCUT2D eigenvalue weighted by Gasteiger charge is 2.50. The maximum Gasteiger partial charge on any atom is 0.335 e. The third kappa shape index (κ3) is 3.70. The summed E-state index contributed by atoms with van der Waals surface area (Å²) in [6.07, 6.45) is 7.13. The van der Waals surface area contributed by atoms with Crippen LogP contribution in [-0.4, -0.2) is 35.5 Å². The van der Waals surface area contributed by atoms with Crippen LogP contribution in [0.3, 0.4) is 0 Å². The Morgan fingerprint density at radius 3 is 2.92 bits per heavy atom. The van der Waals surface area contributed by atoms with Crippen LogP contribution < -0.4 is 0 Å². The summed E-state index contributed by atoms with van der Waals surface area (Å²) >= 11 is 0. The molecule has 2 fully saturated rings. The Labute approximate surface area is 143 Å². The van der Waals surface area contributed by atoms with Crippen molar-refractivity contribution in [3.8, 4) is 0 Å². The number of aliphatic hydroxyl groups is 1. The zero-order chi connectivity index (χ0) is 17.0. The lowest BCUT2D eigenvalue weighted by Gasteiger charge is -2.48. The van der Waals surface area contributed by atoms with Crippen molar-refractivity contribution in [1.82, 2.24) is 0 Å². The number of hydrogen-bond acceptors (Lipinski definition) is 4. The quantitative estimate of drug-likeness (QED) is 0.860. The summed E-state index contributed by atoms with van der Waals surface area (Å²) in [6, 6.07) is 10.00. The zero-order valence-electron chi connectivity index (χ0n) is 14.2. The van der Waals surface area contributed by atoms with E-state index in [4.69, 9.17) is 9.47 Å². The van der Waals surface area contributed by atoms with Gasteiger partial charge in [0.2, 0.25) is 0 Å². The molecule has 4 atom stereocenters. The lowest BCUT2D eigenvalue weighted by molar-refractivity contribution is -0.203. The van der Waals surface area contributed by atoms with Gasteiger partial charge in [-0.1, -0.05) is 55.3 Å². The third-order valence-corrected chi connectivity index (χ3v) is 5.15. The summed E-state index contributed by atoms with van der Waals surface area (Å²) in [5.74, 6) is -0.329. The lowest BCUT2D eigenvalue weighted by atomic mass is 9.68. The van der Waals surface area contributed by atoms with Gasteiger partial charge in [-0.3, -0.25) is 0 Å². The van der Waals surface area contributed by atoms with Crippen molar-refractivity contribution in [3.05, 3.63) is 42.0 Å². The number of fused-ring (bicyclic) bond motifs is 1. The molecular formula is C20H26O4. The van der Waals surface area contributed by atoms with E-state index in [9.17, 15) is 9.90 Å². The van der Waals surface area contributed by atoms with Crippen LogP contribution in [0.4, 0.5) is 0 Å². The standard InChI is InChI=1S/C20H26O4/c1-2-23-19(21)18-14-20(22)13-7-6-10-16(20)17(24-18)12-11-15-8-4-3-5-9-15/h3-5,8-9,11-12,16-18,22H,2,6-7,10,13-14H2,1H3/b12-11+/t16-,17+,18-,20+/m0/s1. The molecule has 0 aromatic heterocycles. The molecule has 1 N–H and O–H groups in total. The fraction of sp³-hybridized carbons (Fsp3) is 0.550. The Balaban J connectivity index is 1.81. The van der Waals surface area contributed by atoms with Crippen LogP contribution in [0.2, 0.25) is 0 Å². The van der Waals surface area contributed by atoms with E-state index in [0.717, 1.165) is 31.2 Å². The molecule has 0 unspecified atom stereocenters. The topological polar surface area (TPSA) is 55.8 Å². The van der Waals surface area contributed by atoms with E-state index >= 15 is 0 Å². The van der Waals surface area contributed by atoms with Gasteiger partial charge in [-0.2, -0.15) is 0 Å². The molecule has 0 radical (unpaired) electrons. The van der Waals surface area contributed by atoms with E-state index in [1.807, 2.05) is 42.5 Å².